The van der Waals surface area contributed by atoms with Crippen LogP contribution in [0.5, 0.6) is 0 Å². The molecule has 0 aromatic carbocycles. The Hall–Kier alpha value is -1.74. The van der Waals surface area contributed by atoms with Gasteiger partial charge < -0.3 is 5.32 Å². The molecule has 2 heterocycles. The summed E-state index contributed by atoms with van der Waals surface area (Å²) in [4.78, 5) is 9.17. The van der Waals surface area contributed by atoms with Gasteiger partial charge in [0, 0.05) is 24.0 Å². The molecule has 0 saturated carbocycles. The average molecular weight is 253 g/mol. The van der Waals surface area contributed by atoms with Gasteiger partial charge in [-0.3, -0.25) is 9.97 Å². The Balaban J connectivity index is 1.99. The second-order valence-corrected chi connectivity index (χ2v) is 5.16. The molecule has 0 bridgehead atoms. The van der Waals surface area contributed by atoms with Gasteiger partial charge in [-0.1, -0.05) is 12.1 Å². The third-order valence-electron chi connectivity index (χ3n) is 4.06. The SMILES string of the molecule is CNC(c1ncccc1C)C1CCc2cccnc21. The van der Waals surface area contributed by atoms with Crippen molar-refractivity contribution < 1.29 is 0 Å². The van der Waals surface area contributed by atoms with Crippen molar-refractivity contribution in [3.63, 3.8) is 0 Å². The molecule has 0 spiro atoms. The van der Waals surface area contributed by atoms with Crippen LogP contribution in [0.15, 0.2) is 36.7 Å². The molecule has 3 heteroatoms. The van der Waals surface area contributed by atoms with Crippen LogP contribution in [0.2, 0.25) is 0 Å². The van der Waals surface area contributed by atoms with E-state index in [4.69, 9.17) is 0 Å². The molecule has 98 valence electrons. The van der Waals surface area contributed by atoms with Gasteiger partial charge >= 0.3 is 0 Å². The van der Waals surface area contributed by atoms with Crippen molar-refractivity contribution in [2.24, 2.45) is 0 Å². The number of hydrogen-bond acceptors (Lipinski definition) is 3. The van der Waals surface area contributed by atoms with Gasteiger partial charge in [-0.05, 0) is 50.1 Å². The summed E-state index contributed by atoms with van der Waals surface area (Å²) in [6, 6.07) is 8.59. The Bertz CT molecular complexity index is 580. The lowest BCUT2D eigenvalue weighted by Crippen LogP contribution is -2.25. The molecule has 0 saturated heterocycles. The molecule has 2 aromatic rings. The first kappa shape index (κ1) is 12.3. The van der Waals surface area contributed by atoms with Gasteiger partial charge in [0.05, 0.1) is 11.7 Å². The number of pyridine rings is 2. The fourth-order valence-electron chi connectivity index (χ4n) is 3.12. The normalized spacial score (nSPS) is 19.2. The molecular formula is C16H19N3. The zero-order valence-corrected chi connectivity index (χ0v) is 11.4. The number of fused-ring (bicyclic) bond motifs is 1. The van der Waals surface area contributed by atoms with Gasteiger partial charge in [0.15, 0.2) is 0 Å². The number of nitrogens with zero attached hydrogens (tertiary/aromatic N) is 2. The summed E-state index contributed by atoms with van der Waals surface area (Å²) in [7, 11) is 2.01. The molecule has 2 unspecified atom stereocenters. The van der Waals surface area contributed by atoms with E-state index < -0.39 is 0 Å². The highest BCUT2D eigenvalue weighted by Gasteiger charge is 2.32. The quantitative estimate of drug-likeness (QED) is 0.914. The third kappa shape index (κ3) is 2.15. The number of nitrogens with one attached hydrogen (secondary N) is 1. The molecule has 1 N–H and O–H groups in total. The molecule has 1 aliphatic carbocycles. The number of aromatic nitrogens is 2. The second-order valence-electron chi connectivity index (χ2n) is 5.16. The van der Waals surface area contributed by atoms with Crippen molar-refractivity contribution in [1.82, 2.24) is 15.3 Å². The molecule has 0 amide bonds. The highest BCUT2D eigenvalue weighted by Crippen LogP contribution is 2.40. The maximum absolute atomic E-state index is 4.60. The van der Waals surface area contributed by atoms with Crippen LogP contribution in [0, 0.1) is 6.92 Å². The van der Waals surface area contributed by atoms with E-state index in [-0.39, 0.29) is 6.04 Å². The number of likely N-dealkylation sites (N-methyl/N-ethyl adjacent to an activating group) is 1. The molecule has 0 aliphatic heterocycles. The van der Waals surface area contributed by atoms with Crippen molar-refractivity contribution in [3.8, 4) is 0 Å². The van der Waals surface area contributed by atoms with Crippen molar-refractivity contribution >= 4 is 0 Å². The number of rotatable bonds is 3. The lowest BCUT2D eigenvalue weighted by atomic mass is 9.92. The Morgan fingerprint density at radius 1 is 1.21 bits per heavy atom. The number of aryl methyl sites for hydroxylation is 2. The molecule has 0 fully saturated rings. The molecule has 3 rings (SSSR count). The van der Waals surface area contributed by atoms with Crippen molar-refractivity contribution in [2.45, 2.75) is 31.7 Å². The van der Waals surface area contributed by atoms with Gasteiger partial charge in [-0.2, -0.15) is 0 Å². The maximum atomic E-state index is 4.60. The minimum Gasteiger partial charge on any atom is -0.311 e. The van der Waals surface area contributed by atoms with Crippen LogP contribution in [0.1, 0.15) is 40.9 Å². The van der Waals surface area contributed by atoms with Crippen molar-refractivity contribution in [1.29, 1.82) is 0 Å². The zero-order valence-electron chi connectivity index (χ0n) is 11.4. The van der Waals surface area contributed by atoms with Crippen LogP contribution in [0.3, 0.4) is 0 Å². The predicted octanol–water partition coefficient (Wildman–Crippen LogP) is 2.78. The van der Waals surface area contributed by atoms with Crippen LogP contribution in [0.4, 0.5) is 0 Å². The van der Waals surface area contributed by atoms with Gasteiger partial charge in [-0.15, -0.1) is 0 Å². The summed E-state index contributed by atoms with van der Waals surface area (Å²) in [5, 5.41) is 3.44. The molecular weight excluding hydrogens is 234 g/mol. The summed E-state index contributed by atoms with van der Waals surface area (Å²) in [6.45, 7) is 2.13. The Morgan fingerprint density at radius 2 is 2.00 bits per heavy atom. The summed E-state index contributed by atoms with van der Waals surface area (Å²) in [6.07, 6.45) is 6.04. The first-order valence-electron chi connectivity index (χ1n) is 6.84. The molecule has 1 aliphatic rings. The van der Waals surface area contributed by atoms with Gasteiger partial charge in [-0.25, -0.2) is 0 Å². The van der Waals surface area contributed by atoms with Crippen LogP contribution in [-0.2, 0) is 6.42 Å². The minimum absolute atomic E-state index is 0.248. The summed E-state index contributed by atoms with van der Waals surface area (Å²) in [5.41, 5.74) is 5.02. The first-order valence-corrected chi connectivity index (χ1v) is 6.84. The van der Waals surface area contributed by atoms with E-state index in [0.29, 0.717) is 5.92 Å². The predicted molar refractivity (Wildman–Crippen MR) is 76.1 cm³/mol. The van der Waals surface area contributed by atoms with E-state index in [1.807, 2.05) is 31.6 Å². The fourth-order valence-corrected chi connectivity index (χ4v) is 3.12. The van der Waals surface area contributed by atoms with Crippen LogP contribution >= 0.6 is 0 Å². The first-order chi connectivity index (χ1) is 9.31. The zero-order chi connectivity index (χ0) is 13.2. The molecule has 2 aromatic heterocycles. The van der Waals surface area contributed by atoms with Crippen LogP contribution < -0.4 is 5.32 Å². The van der Waals surface area contributed by atoms with Crippen LogP contribution in [0.25, 0.3) is 0 Å². The van der Waals surface area contributed by atoms with Crippen LogP contribution in [-0.4, -0.2) is 17.0 Å². The molecule has 0 radical (unpaired) electrons. The van der Waals surface area contributed by atoms with Gasteiger partial charge in [0.25, 0.3) is 0 Å². The van der Waals surface area contributed by atoms with E-state index >= 15 is 0 Å². The second kappa shape index (κ2) is 5.10. The fraction of sp³-hybridized carbons (Fsp3) is 0.375. The van der Waals surface area contributed by atoms with Crippen molar-refractivity contribution in [3.05, 3.63) is 59.2 Å². The van der Waals surface area contributed by atoms with E-state index in [2.05, 4.69) is 34.3 Å². The Morgan fingerprint density at radius 3 is 2.79 bits per heavy atom. The average Bonchev–Trinajstić information content (AvgIpc) is 2.86. The summed E-state index contributed by atoms with van der Waals surface area (Å²) < 4.78 is 0. The lowest BCUT2D eigenvalue weighted by molar-refractivity contribution is 0.458. The minimum atomic E-state index is 0.248. The van der Waals surface area contributed by atoms with E-state index in [9.17, 15) is 0 Å². The monoisotopic (exact) mass is 253 g/mol. The highest BCUT2D eigenvalue weighted by molar-refractivity contribution is 5.33. The topological polar surface area (TPSA) is 37.8 Å². The summed E-state index contributed by atoms with van der Waals surface area (Å²) in [5.74, 6) is 0.426. The van der Waals surface area contributed by atoms with E-state index in [1.54, 1.807) is 0 Å². The smallest absolute Gasteiger partial charge is 0.0609 e. The number of hydrogen-bond donors (Lipinski definition) is 1. The molecule has 19 heavy (non-hydrogen) atoms. The highest BCUT2D eigenvalue weighted by atomic mass is 14.9. The third-order valence-corrected chi connectivity index (χ3v) is 4.06. The standard InChI is InChI=1S/C16H19N3/c1-11-5-3-9-18-14(11)16(17-2)13-8-7-12-6-4-10-19-15(12)13/h3-6,9-10,13,16-17H,7-8H2,1-2H3. The van der Waals surface area contributed by atoms with Gasteiger partial charge in [0.1, 0.15) is 0 Å². The maximum Gasteiger partial charge on any atom is 0.0609 e. The Kier molecular flexibility index (Phi) is 3.30. The van der Waals surface area contributed by atoms with E-state index in [0.717, 1.165) is 18.5 Å². The molecule has 2 atom stereocenters. The summed E-state index contributed by atoms with van der Waals surface area (Å²) >= 11 is 0. The molecule has 3 nitrogen and oxygen atoms in total. The van der Waals surface area contributed by atoms with Gasteiger partial charge in [0.2, 0.25) is 0 Å². The lowest BCUT2D eigenvalue weighted by Gasteiger charge is -2.24. The van der Waals surface area contributed by atoms with Crippen molar-refractivity contribution in [2.75, 3.05) is 7.05 Å². The Labute approximate surface area is 114 Å². The largest absolute Gasteiger partial charge is 0.311 e. The van der Waals surface area contributed by atoms with E-state index in [1.165, 1.54) is 16.8 Å².